The number of hydrogen-bond donors (Lipinski definition) is 0. The zero-order valence-electron chi connectivity index (χ0n) is 12.4. The Kier molecular flexibility index (Phi) is 9.64. The number of rotatable bonds is 13. The molecule has 21 heavy (non-hydrogen) atoms. The minimum Gasteiger partial charge on any atom is -0.379 e. The molecule has 120 valence electrons. The zero-order chi connectivity index (χ0) is 15.3. The normalized spacial score (nSPS) is 14.4. The van der Waals surface area contributed by atoms with Crippen molar-refractivity contribution in [1.82, 2.24) is 4.90 Å². The van der Waals surface area contributed by atoms with E-state index in [9.17, 15) is 9.59 Å². The molecule has 0 aromatic rings. The van der Waals surface area contributed by atoms with Crippen molar-refractivity contribution < 1.29 is 28.5 Å². The van der Waals surface area contributed by atoms with Gasteiger partial charge in [0.15, 0.2) is 0 Å². The third-order valence-corrected chi connectivity index (χ3v) is 2.68. The van der Waals surface area contributed by atoms with Crippen molar-refractivity contribution in [3.8, 4) is 0 Å². The van der Waals surface area contributed by atoms with Crippen molar-refractivity contribution >= 4 is 11.8 Å². The number of amides is 2. The Bertz CT molecular complexity index is 326. The number of carbonyl (C=O) groups excluding carboxylic acids is 2. The van der Waals surface area contributed by atoms with Crippen LogP contribution in [0.1, 0.15) is 6.92 Å². The first-order valence-electron chi connectivity index (χ1n) is 7.10. The van der Waals surface area contributed by atoms with Gasteiger partial charge in [-0.1, -0.05) is 0 Å². The van der Waals surface area contributed by atoms with Gasteiger partial charge < -0.3 is 18.9 Å². The highest BCUT2D eigenvalue weighted by Crippen LogP contribution is 2.02. The molecule has 0 saturated carbocycles. The molecule has 0 radical (unpaired) electrons. The summed E-state index contributed by atoms with van der Waals surface area (Å²) < 4.78 is 21.0. The molecule has 0 N–H and O–H groups in total. The minimum atomic E-state index is -0.288. The van der Waals surface area contributed by atoms with E-state index < -0.39 is 0 Å². The predicted molar refractivity (Wildman–Crippen MR) is 74.8 cm³/mol. The van der Waals surface area contributed by atoms with Gasteiger partial charge in [0.2, 0.25) is 0 Å². The van der Waals surface area contributed by atoms with Crippen LogP contribution >= 0.6 is 0 Å². The molecular formula is C14H23NO6. The fraction of sp³-hybridized carbons (Fsp3) is 0.714. The van der Waals surface area contributed by atoms with Crippen LogP contribution in [-0.2, 0) is 28.5 Å². The number of imide groups is 1. The maximum Gasteiger partial charge on any atom is 0.253 e. The SMILES string of the molecule is CCOCCOCCOCCOCCN1C(=O)C=CC1=O. The van der Waals surface area contributed by atoms with Gasteiger partial charge in [0.05, 0.1) is 52.8 Å². The molecule has 0 aliphatic carbocycles. The second-order valence-electron chi connectivity index (χ2n) is 4.20. The van der Waals surface area contributed by atoms with Gasteiger partial charge in [0.1, 0.15) is 0 Å². The first kappa shape index (κ1) is 17.8. The third-order valence-electron chi connectivity index (χ3n) is 2.68. The summed E-state index contributed by atoms with van der Waals surface area (Å²) in [7, 11) is 0. The highest BCUT2D eigenvalue weighted by Gasteiger charge is 2.22. The Balaban J connectivity index is 1.81. The van der Waals surface area contributed by atoms with Crippen LogP contribution in [0.25, 0.3) is 0 Å². The highest BCUT2D eigenvalue weighted by atomic mass is 16.6. The Hall–Kier alpha value is -1.28. The Morgan fingerprint density at radius 1 is 0.762 bits per heavy atom. The maximum atomic E-state index is 11.2. The van der Waals surface area contributed by atoms with E-state index in [0.717, 1.165) is 4.90 Å². The number of nitrogens with zero attached hydrogens (tertiary/aromatic N) is 1. The summed E-state index contributed by atoms with van der Waals surface area (Å²) in [6.07, 6.45) is 2.52. The van der Waals surface area contributed by atoms with Gasteiger partial charge >= 0.3 is 0 Å². The lowest BCUT2D eigenvalue weighted by molar-refractivity contribution is -0.137. The van der Waals surface area contributed by atoms with Crippen LogP contribution in [0.5, 0.6) is 0 Å². The summed E-state index contributed by atoms with van der Waals surface area (Å²) >= 11 is 0. The smallest absolute Gasteiger partial charge is 0.253 e. The largest absolute Gasteiger partial charge is 0.379 e. The summed E-state index contributed by atoms with van der Waals surface area (Å²) in [5, 5.41) is 0. The summed E-state index contributed by atoms with van der Waals surface area (Å²) in [6.45, 7) is 6.28. The fourth-order valence-electron chi connectivity index (χ4n) is 1.61. The molecule has 1 aliphatic heterocycles. The number of carbonyl (C=O) groups is 2. The van der Waals surface area contributed by atoms with Gasteiger partial charge in [-0.3, -0.25) is 14.5 Å². The van der Waals surface area contributed by atoms with Crippen molar-refractivity contribution in [3.63, 3.8) is 0 Å². The molecule has 0 spiro atoms. The van der Waals surface area contributed by atoms with Gasteiger partial charge in [-0.15, -0.1) is 0 Å². The zero-order valence-corrected chi connectivity index (χ0v) is 12.4. The van der Waals surface area contributed by atoms with Crippen molar-refractivity contribution in [1.29, 1.82) is 0 Å². The van der Waals surface area contributed by atoms with Crippen molar-refractivity contribution in [3.05, 3.63) is 12.2 Å². The molecule has 1 heterocycles. The second kappa shape index (κ2) is 11.4. The lowest BCUT2D eigenvalue weighted by atomic mass is 10.5. The first-order chi connectivity index (χ1) is 10.3. The molecule has 0 fully saturated rings. The van der Waals surface area contributed by atoms with E-state index in [1.807, 2.05) is 6.92 Å². The molecular weight excluding hydrogens is 278 g/mol. The second-order valence-corrected chi connectivity index (χ2v) is 4.20. The van der Waals surface area contributed by atoms with Crippen molar-refractivity contribution in [2.45, 2.75) is 6.92 Å². The summed E-state index contributed by atoms with van der Waals surface area (Å²) in [5.41, 5.74) is 0. The van der Waals surface area contributed by atoms with Crippen LogP contribution in [0.15, 0.2) is 12.2 Å². The molecule has 0 atom stereocenters. The molecule has 0 saturated heterocycles. The summed E-state index contributed by atoms with van der Waals surface area (Å²) in [4.78, 5) is 23.6. The van der Waals surface area contributed by atoms with E-state index in [4.69, 9.17) is 18.9 Å². The van der Waals surface area contributed by atoms with Crippen LogP contribution in [0.4, 0.5) is 0 Å². The Morgan fingerprint density at radius 3 is 1.67 bits per heavy atom. The average Bonchev–Trinajstić information content (AvgIpc) is 2.80. The lowest BCUT2D eigenvalue weighted by Gasteiger charge is -2.13. The monoisotopic (exact) mass is 301 g/mol. The van der Waals surface area contributed by atoms with Gasteiger partial charge in [-0.05, 0) is 6.92 Å². The molecule has 1 rings (SSSR count). The van der Waals surface area contributed by atoms with E-state index in [0.29, 0.717) is 52.9 Å². The van der Waals surface area contributed by atoms with Crippen LogP contribution in [0.2, 0.25) is 0 Å². The molecule has 2 amide bonds. The van der Waals surface area contributed by atoms with Crippen LogP contribution < -0.4 is 0 Å². The molecule has 7 nitrogen and oxygen atoms in total. The number of hydrogen-bond acceptors (Lipinski definition) is 6. The van der Waals surface area contributed by atoms with Crippen molar-refractivity contribution in [2.75, 3.05) is 59.4 Å². The van der Waals surface area contributed by atoms with E-state index in [-0.39, 0.29) is 18.4 Å². The molecule has 7 heteroatoms. The standard InChI is InChI=1S/C14H23NO6/c1-2-18-7-8-20-11-12-21-10-9-19-6-5-15-13(16)3-4-14(15)17/h3-4H,2,5-12H2,1H3. The molecule has 0 aromatic carbocycles. The highest BCUT2D eigenvalue weighted by molar-refractivity contribution is 6.12. The Labute approximate surface area is 124 Å². The summed E-state index contributed by atoms with van der Waals surface area (Å²) in [5.74, 6) is -0.576. The quantitative estimate of drug-likeness (QED) is 0.352. The molecule has 1 aliphatic rings. The van der Waals surface area contributed by atoms with Crippen LogP contribution in [0.3, 0.4) is 0 Å². The average molecular weight is 301 g/mol. The van der Waals surface area contributed by atoms with E-state index in [1.165, 1.54) is 12.2 Å². The topological polar surface area (TPSA) is 74.3 Å². The van der Waals surface area contributed by atoms with E-state index >= 15 is 0 Å². The summed E-state index contributed by atoms with van der Waals surface area (Å²) in [6, 6.07) is 0. The van der Waals surface area contributed by atoms with Gasteiger partial charge in [-0.25, -0.2) is 0 Å². The molecule has 0 aromatic heterocycles. The van der Waals surface area contributed by atoms with Gasteiger partial charge in [-0.2, -0.15) is 0 Å². The molecule has 0 unspecified atom stereocenters. The Morgan fingerprint density at radius 2 is 1.19 bits per heavy atom. The van der Waals surface area contributed by atoms with E-state index in [1.54, 1.807) is 0 Å². The minimum absolute atomic E-state index is 0.269. The maximum absolute atomic E-state index is 11.2. The van der Waals surface area contributed by atoms with Crippen LogP contribution in [-0.4, -0.2) is 76.1 Å². The van der Waals surface area contributed by atoms with Gasteiger partial charge in [0.25, 0.3) is 11.8 Å². The lowest BCUT2D eigenvalue weighted by Crippen LogP contribution is -2.33. The predicted octanol–water partition coefficient (Wildman–Crippen LogP) is -0.00230. The fourth-order valence-corrected chi connectivity index (χ4v) is 1.61. The van der Waals surface area contributed by atoms with Gasteiger partial charge in [0, 0.05) is 18.8 Å². The van der Waals surface area contributed by atoms with Crippen molar-refractivity contribution in [2.24, 2.45) is 0 Å². The van der Waals surface area contributed by atoms with Crippen LogP contribution in [0, 0.1) is 0 Å². The van der Waals surface area contributed by atoms with E-state index in [2.05, 4.69) is 0 Å². The molecule has 0 bridgehead atoms. The first-order valence-corrected chi connectivity index (χ1v) is 7.10. The third kappa shape index (κ3) is 7.91. The number of ether oxygens (including phenoxy) is 4.